The monoisotopic (exact) mass is 568 g/mol. The first-order valence-corrected chi connectivity index (χ1v) is 15.1. The van der Waals surface area contributed by atoms with Gasteiger partial charge in [-0.05, 0) is 55.1 Å². The van der Waals surface area contributed by atoms with Crippen molar-refractivity contribution in [2.45, 2.75) is 77.2 Å². The van der Waals surface area contributed by atoms with Gasteiger partial charge in [0.05, 0.1) is 29.9 Å². The zero-order valence-electron chi connectivity index (χ0n) is 24.0. The number of Topliss-reactive ketones (excluding diaryl/α,β-unsaturated/α-hetero) is 1. The molecular weight excluding hydrogens is 528 g/mol. The van der Waals surface area contributed by atoms with Crippen LogP contribution in [-0.2, 0) is 14.3 Å². The standard InChI is InChI=1S/C31H40N2O6S/c1-7-29(4)15-23(30(5)17(2)10-12-31(18(3)26(29)36)13-11-22(34)25(30)31)39-24(35)16-40-28-32-21-14-19(38-6)8-9-20(21)27(37)33-28/h7-9,14,17-18,23,25-26,36H,1,10-13,15-16H2,2-6H3,(H,32,33,37)/t17-,18+,23-,25+,26+,29-,30+,31+/m1/s1. The molecule has 1 heterocycles. The Bertz CT molecular complexity index is 1410. The summed E-state index contributed by atoms with van der Waals surface area (Å²) in [5.41, 5.74) is -1.41. The SMILES string of the molecule is C=C[C@]1(C)C[C@@H](OC(=O)CSc2nc3cc(OC)ccc3c(=O)[nH]2)[C@]2(C)[C@H](C)CC[C@]3(CCC(=O)[C@H]32)[C@@H](C)[C@@H]1O. The van der Waals surface area contributed by atoms with E-state index < -0.39 is 29.0 Å². The van der Waals surface area contributed by atoms with Crippen molar-refractivity contribution in [2.24, 2.45) is 34.0 Å². The molecule has 9 heteroatoms. The van der Waals surface area contributed by atoms with Gasteiger partial charge in [0.15, 0.2) is 5.16 Å². The van der Waals surface area contributed by atoms with Gasteiger partial charge in [0.25, 0.3) is 5.56 Å². The maximum Gasteiger partial charge on any atom is 0.316 e. The fourth-order valence-corrected chi connectivity index (χ4v) is 8.76. The number of thioether (sulfide) groups is 1. The van der Waals surface area contributed by atoms with E-state index in [2.05, 4.69) is 37.3 Å². The summed E-state index contributed by atoms with van der Waals surface area (Å²) in [5.74, 6) is 0.0871. The molecule has 2 N–H and O–H groups in total. The number of ether oxygens (including phenoxy) is 2. The predicted molar refractivity (Wildman–Crippen MR) is 154 cm³/mol. The van der Waals surface area contributed by atoms with Gasteiger partial charge in [-0.1, -0.05) is 45.5 Å². The first-order valence-electron chi connectivity index (χ1n) is 14.1. The fraction of sp³-hybridized carbons (Fsp3) is 0.613. The quantitative estimate of drug-likeness (QED) is 0.218. The Morgan fingerprint density at radius 3 is 2.73 bits per heavy atom. The number of aliphatic hydroxyl groups excluding tert-OH is 1. The lowest BCUT2D eigenvalue weighted by molar-refractivity contribution is -0.205. The van der Waals surface area contributed by atoms with Gasteiger partial charge in [-0.3, -0.25) is 14.4 Å². The zero-order valence-corrected chi connectivity index (χ0v) is 24.8. The zero-order chi connectivity index (χ0) is 29.0. The average Bonchev–Trinajstić information content (AvgIpc) is 3.29. The molecule has 1 aromatic heterocycles. The number of carbonyl (C=O) groups is 2. The fourth-order valence-electron chi connectivity index (χ4n) is 8.11. The lowest BCUT2D eigenvalue weighted by atomic mass is 9.44. The van der Waals surface area contributed by atoms with E-state index in [-0.39, 0.29) is 40.3 Å². The van der Waals surface area contributed by atoms with Crippen molar-refractivity contribution in [3.8, 4) is 5.75 Å². The molecule has 0 saturated heterocycles. The molecule has 1 aromatic carbocycles. The van der Waals surface area contributed by atoms with Gasteiger partial charge in [0, 0.05) is 29.2 Å². The summed E-state index contributed by atoms with van der Waals surface area (Å²) in [6.07, 6.45) is 3.92. The van der Waals surface area contributed by atoms with E-state index in [1.807, 2.05) is 6.92 Å². The van der Waals surface area contributed by atoms with Crippen LogP contribution in [-0.4, -0.2) is 51.9 Å². The molecule has 3 saturated carbocycles. The molecule has 0 amide bonds. The number of nitrogens with zero attached hydrogens (tertiary/aromatic N) is 1. The minimum atomic E-state index is -0.712. The maximum absolute atomic E-state index is 13.5. The summed E-state index contributed by atoms with van der Waals surface area (Å²) in [6.45, 7) is 12.4. The number of esters is 1. The predicted octanol–water partition coefficient (Wildman–Crippen LogP) is 4.93. The Kier molecular flexibility index (Phi) is 7.45. The lowest BCUT2D eigenvalue weighted by Gasteiger charge is -2.61. The van der Waals surface area contributed by atoms with Crippen LogP contribution in [0.1, 0.15) is 59.8 Å². The van der Waals surface area contributed by atoms with Gasteiger partial charge in [-0.25, -0.2) is 4.98 Å². The van der Waals surface area contributed by atoms with Crippen molar-refractivity contribution >= 4 is 34.4 Å². The molecule has 5 rings (SSSR count). The van der Waals surface area contributed by atoms with Crippen molar-refractivity contribution in [1.29, 1.82) is 0 Å². The van der Waals surface area contributed by atoms with E-state index in [0.29, 0.717) is 34.7 Å². The Morgan fingerprint density at radius 2 is 2.02 bits per heavy atom. The number of methoxy groups -OCH3 is 1. The summed E-state index contributed by atoms with van der Waals surface area (Å²) >= 11 is 1.10. The smallest absolute Gasteiger partial charge is 0.316 e. The van der Waals surface area contributed by atoms with Gasteiger partial charge in [0.2, 0.25) is 0 Å². The number of hydrogen-bond acceptors (Lipinski definition) is 8. The summed E-state index contributed by atoms with van der Waals surface area (Å²) < 4.78 is 11.5. The highest BCUT2D eigenvalue weighted by Crippen LogP contribution is 2.68. The summed E-state index contributed by atoms with van der Waals surface area (Å²) in [7, 11) is 1.54. The normalized spacial score (nSPS) is 37.4. The third-order valence-electron chi connectivity index (χ3n) is 10.8. The van der Waals surface area contributed by atoms with Crippen LogP contribution in [0.4, 0.5) is 0 Å². The molecule has 0 unspecified atom stereocenters. The maximum atomic E-state index is 13.5. The van der Waals surface area contributed by atoms with Gasteiger partial charge in [-0.15, -0.1) is 6.58 Å². The molecule has 3 aliphatic rings. The number of rotatable bonds is 6. The Hall–Kier alpha value is -2.65. The van der Waals surface area contributed by atoms with Gasteiger partial charge in [0.1, 0.15) is 17.6 Å². The first kappa shape index (κ1) is 28.9. The molecule has 216 valence electrons. The second-order valence-corrected chi connectivity index (χ2v) is 13.6. The van der Waals surface area contributed by atoms with Gasteiger partial charge >= 0.3 is 5.97 Å². The lowest BCUT2D eigenvalue weighted by Crippen LogP contribution is -2.63. The van der Waals surface area contributed by atoms with Crippen LogP contribution in [0, 0.1) is 34.0 Å². The van der Waals surface area contributed by atoms with E-state index in [1.54, 1.807) is 31.4 Å². The van der Waals surface area contributed by atoms with Crippen molar-refractivity contribution in [3.63, 3.8) is 0 Å². The number of benzene rings is 1. The Morgan fingerprint density at radius 1 is 1.27 bits per heavy atom. The van der Waals surface area contributed by atoms with Gasteiger partial charge in [-0.2, -0.15) is 0 Å². The summed E-state index contributed by atoms with van der Waals surface area (Å²) in [4.78, 5) is 46.8. The highest BCUT2D eigenvalue weighted by molar-refractivity contribution is 7.99. The number of fused-ring (bicyclic) bond motifs is 1. The molecule has 8 nitrogen and oxygen atoms in total. The number of nitrogens with one attached hydrogen (secondary N) is 1. The van der Waals surface area contributed by atoms with E-state index in [4.69, 9.17) is 9.47 Å². The van der Waals surface area contributed by atoms with Crippen LogP contribution in [0.5, 0.6) is 5.75 Å². The molecule has 3 aliphatic carbocycles. The van der Waals surface area contributed by atoms with Crippen LogP contribution >= 0.6 is 11.8 Å². The Balaban J connectivity index is 1.44. The summed E-state index contributed by atoms with van der Waals surface area (Å²) in [5, 5.41) is 12.4. The van der Waals surface area contributed by atoms with Gasteiger partial charge < -0.3 is 19.6 Å². The molecule has 2 aromatic rings. The second kappa shape index (κ2) is 10.3. The molecule has 40 heavy (non-hydrogen) atoms. The van der Waals surface area contributed by atoms with E-state index in [9.17, 15) is 19.5 Å². The number of aromatic amines is 1. The molecule has 0 radical (unpaired) electrons. The van der Waals surface area contributed by atoms with Crippen LogP contribution in [0.25, 0.3) is 10.9 Å². The first-order chi connectivity index (χ1) is 18.9. The minimum absolute atomic E-state index is 0.0626. The molecule has 3 fully saturated rings. The minimum Gasteiger partial charge on any atom is -0.497 e. The average molecular weight is 569 g/mol. The van der Waals surface area contributed by atoms with Crippen molar-refractivity contribution in [1.82, 2.24) is 9.97 Å². The van der Waals surface area contributed by atoms with E-state index in [0.717, 1.165) is 31.0 Å². The molecule has 8 atom stereocenters. The largest absolute Gasteiger partial charge is 0.497 e. The summed E-state index contributed by atoms with van der Waals surface area (Å²) in [6, 6.07) is 5.03. The molecule has 0 spiro atoms. The number of carbonyl (C=O) groups excluding carboxylic acids is 2. The van der Waals surface area contributed by atoms with Crippen molar-refractivity contribution < 1.29 is 24.2 Å². The highest BCUT2D eigenvalue weighted by atomic mass is 32.2. The highest BCUT2D eigenvalue weighted by Gasteiger charge is 2.68. The Labute approximate surface area is 239 Å². The van der Waals surface area contributed by atoms with E-state index >= 15 is 0 Å². The van der Waals surface area contributed by atoms with E-state index in [1.165, 1.54) is 0 Å². The molecule has 2 bridgehead atoms. The third-order valence-corrected chi connectivity index (χ3v) is 11.6. The van der Waals surface area contributed by atoms with Crippen LogP contribution < -0.4 is 10.3 Å². The number of hydrogen-bond donors (Lipinski definition) is 2. The number of ketones is 1. The van der Waals surface area contributed by atoms with Crippen LogP contribution in [0.15, 0.2) is 40.8 Å². The van der Waals surface area contributed by atoms with Crippen LogP contribution in [0.2, 0.25) is 0 Å². The van der Waals surface area contributed by atoms with Crippen LogP contribution in [0.3, 0.4) is 0 Å². The number of aromatic nitrogens is 2. The van der Waals surface area contributed by atoms with Crippen molar-refractivity contribution in [2.75, 3.05) is 12.9 Å². The topological polar surface area (TPSA) is 119 Å². The third kappa shape index (κ3) is 4.40. The second-order valence-electron chi connectivity index (χ2n) is 12.6. The van der Waals surface area contributed by atoms with Crippen molar-refractivity contribution in [3.05, 3.63) is 41.2 Å². The molecule has 0 aliphatic heterocycles. The molecular formula is C31H40N2O6S. The number of H-pyrrole nitrogens is 1. The number of aliphatic hydroxyl groups is 1.